The molecular weight excluding hydrogens is 298 g/mol. The second kappa shape index (κ2) is 6.09. The smallest absolute Gasteiger partial charge is 0.283 e. The van der Waals surface area contributed by atoms with Crippen LogP contribution in [0.15, 0.2) is 23.4 Å². The van der Waals surface area contributed by atoms with Gasteiger partial charge in [-0.3, -0.25) is 14.9 Å². The van der Waals surface area contributed by atoms with Gasteiger partial charge in [0.15, 0.2) is 0 Å². The van der Waals surface area contributed by atoms with E-state index < -0.39 is 10.8 Å². The van der Waals surface area contributed by atoms with Crippen molar-refractivity contribution in [3.63, 3.8) is 0 Å². The third-order valence-electron chi connectivity index (χ3n) is 3.50. The van der Waals surface area contributed by atoms with Crippen molar-refractivity contribution in [2.75, 3.05) is 13.1 Å². The molecule has 0 spiro atoms. The number of rotatable bonds is 2. The Morgan fingerprint density at radius 2 is 2.29 bits per heavy atom. The number of hydrogen-bond donors (Lipinski definition) is 1. The summed E-state index contributed by atoms with van der Waals surface area (Å²) in [6.07, 6.45) is 0.449. The lowest BCUT2D eigenvalue weighted by molar-refractivity contribution is -0.385. The molecule has 1 amide bonds. The van der Waals surface area contributed by atoms with Crippen LogP contribution in [0, 0.1) is 16.0 Å². The number of carbonyl (C=O) groups excluding carboxylic acids is 1. The van der Waals surface area contributed by atoms with Crippen LogP contribution in [-0.4, -0.2) is 39.7 Å². The largest absolute Gasteiger partial charge is 0.411 e. The maximum absolute atomic E-state index is 12.5. The average molecular weight is 312 g/mol. The van der Waals surface area contributed by atoms with Crippen LogP contribution >= 0.6 is 11.6 Å². The molecule has 1 fully saturated rings. The molecule has 0 aromatic heterocycles. The number of halogens is 1. The fourth-order valence-electron chi connectivity index (χ4n) is 2.36. The van der Waals surface area contributed by atoms with E-state index in [4.69, 9.17) is 16.8 Å². The minimum Gasteiger partial charge on any atom is -0.411 e. The molecule has 1 atom stereocenters. The molecule has 0 saturated carbocycles. The van der Waals surface area contributed by atoms with E-state index >= 15 is 0 Å². The van der Waals surface area contributed by atoms with Crippen LogP contribution in [-0.2, 0) is 0 Å². The zero-order chi connectivity index (χ0) is 15.6. The normalized spacial score (nSPS) is 20.6. The summed E-state index contributed by atoms with van der Waals surface area (Å²) >= 11 is 5.74. The van der Waals surface area contributed by atoms with Gasteiger partial charge in [-0.15, -0.1) is 0 Å². The number of nitrogens with zero attached hydrogens (tertiary/aromatic N) is 3. The molecule has 1 heterocycles. The minimum absolute atomic E-state index is 0.0148. The Kier molecular flexibility index (Phi) is 4.42. The molecule has 1 aliphatic heterocycles. The third kappa shape index (κ3) is 3.13. The number of nitro groups is 1. The van der Waals surface area contributed by atoms with E-state index in [9.17, 15) is 14.9 Å². The Hall–Kier alpha value is -2.15. The first-order valence-corrected chi connectivity index (χ1v) is 6.76. The number of oxime groups is 1. The molecule has 1 saturated heterocycles. The van der Waals surface area contributed by atoms with Crippen molar-refractivity contribution < 1.29 is 14.9 Å². The van der Waals surface area contributed by atoms with E-state index in [-0.39, 0.29) is 22.2 Å². The van der Waals surface area contributed by atoms with E-state index in [2.05, 4.69) is 5.16 Å². The van der Waals surface area contributed by atoms with E-state index in [1.165, 1.54) is 23.1 Å². The number of hydrogen-bond acceptors (Lipinski definition) is 5. The Bertz CT molecular complexity index is 617. The maximum atomic E-state index is 12.5. The van der Waals surface area contributed by atoms with Gasteiger partial charge in [0.25, 0.3) is 11.6 Å². The molecule has 1 unspecified atom stereocenters. The van der Waals surface area contributed by atoms with Crippen LogP contribution in [0.25, 0.3) is 0 Å². The van der Waals surface area contributed by atoms with E-state index in [1.54, 1.807) is 0 Å². The van der Waals surface area contributed by atoms with Crippen molar-refractivity contribution in [3.8, 4) is 0 Å². The Balaban J connectivity index is 2.27. The molecule has 21 heavy (non-hydrogen) atoms. The second-order valence-electron chi connectivity index (χ2n) is 4.91. The fourth-order valence-corrected chi connectivity index (χ4v) is 2.53. The van der Waals surface area contributed by atoms with Gasteiger partial charge in [0, 0.05) is 36.5 Å². The highest BCUT2D eigenvalue weighted by Gasteiger charge is 2.30. The van der Waals surface area contributed by atoms with Crippen molar-refractivity contribution in [1.82, 2.24) is 4.90 Å². The molecule has 0 bridgehead atoms. The van der Waals surface area contributed by atoms with Gasteiger partial charge in [-0.1, -0.05) is 23.7 Å². The standard InChI is InChI=1S/C13H14ClN3O4/c1-8-7-16(5-4-11(8)15-19)13(18)10-3-2-9(14)6-12(10)17(20)21/h2-3,6,8,19H,4-5,7H2,1H3/b15-11+. The van der Waals surface area contributed by atoms with E-state index in [0.717, 1.165) is 0 Å². The summed E-state index contributed by atoms with van der Waals surface area (Å²) in [6.45, 7) is 2.56. The number of benzene rings is 1. The fraction of sp³-hybridized carbons (Fsp3) is 0.385. The molecule has 8 heteroatoms. The minimum atomic E-state index is -0.618. The van der Waals surface area contributed by atoms with Crippen molar-refractivity contribution in [3.05, 3.63) is 38.9 Å². The van der Waals surface area contributed by atoms with Crippen LogP contribution in [0.5, 0.6) is 0 Å². The predicted octanol–water partition coefficient (Wildman–Crippen LogP) is 2.56. The molecule has 2 rings (SSSR count). The second-order valence-corrected chi connectivity index (χ2v) is 5.35. The average Bonchev–Trinajstić information content (AvgIpc) is 2.46. The van der Waals surface area contributed by atoms with Crippen LogP contribution in [0.1, 0.15) is 23.7 Å². The monoisotopic (exact) mass is 311 g/mol. The Morgan fingerprint density at radius 1 is 1.57 bits per heavy atom. The number of likely N-dealkylation sites (tertiary alicyclic amines) is 1. The van der Waals surface area contributed by atoms with Gasteiger partial charge in [-0.05, 0) is 12.1 Å². The summed E-state index contributed by atoms with van der Waals surface area (Å²) in [5.41, 5.74) is 0.340. The van der Waals surface area contributed by atoms with Gasteiger partial charge in [-0.2, -0.15) is 0 Å². The molecule has 1 N–H and O–H groups in total. The quantitative estimate of drug-likeness (QED) is 0.515. The van der Waals surface area contributed by atoms with Gasteiger partial charge in [-0.25, -0.2) is 0 Å². The summed E-state index contributed by atoms with van der Waals surface area (Å²) < 4.78 is 0. The highest BCUT2D eigenvalue weighted by atomic mass is 35.5. The van der Waals surface area contributed by atoms with Gasteiger partial charge in [0.05, 0.1) is 10.6 Å². The lowest BCUT2D eigenvalue weighted by Crippen LogP contribution is -2.43. The summed E-state index contributed by atoms with van der Waals surface area (Å²) in [6, 6.07) is 3.99. The van der Waals surface area contributed by atoms with Crippen LogP contribution in [0.2, 0.25) is 5.02 Å². The lowest BCUT2D eigenvalue weighted by Gasteiger charge is -2.31. The van der Waals surface area contributed by atoms with Gasteiger partial charge in [0.1, 0.15) is 5.56 Å². The first-order chi connectivity index (χ1) is 9.93. The summed E-state index contributed by atoms with van der Waals surface area (Å²) in [5.74, 6) is -0.499. The predicted molar refractivity (Wildman–Crippen MR) is 77.0 cm³/mol. The topological polar surface area (TPSA) is 96.0 Å². The van der Waals surface area contributed by atoms with Crippen LogP contribution < -0.4 is 0 Å². The molecule has 0 aliphatic carbocycles. The molecule has 112 valence electrons. The maximum Gasteiger partial charge on any atom is 0.283 e. The summed E-state index contributed by atoms with van der Waals surface area (Å²) in [4.78, 5) is 24.4. The number of amides is 1. The first kappa shape index (κ1) is 15.2. The van der Waals surface area contributed by atoms with Crippen LogP contribution in [0.3, 0.4) is 0 Å². The summed E-state index contributed by atoms with van der Waals surface area (Å²) in [5, 5.41) is 23.3. The number of piperidine rings is 1. The zero-order valence-corrected chi connectivity index (χ0v) is 12.1. The zero-order valence-electron chi connectivity index (χ0n) is 11.3. The van der Waals surface area contributed by atoms with Gasteiger partial charge >= 0.3 is 0 Å². The lowest BCUT2D eigenvalue weighted by atomic mass is 9.97. The van der Waals surface area contributed by atoms with Gasteiger partial charge < -0.3 is 10.1 Å². The van der Waals surface area contributed by atoms with Crippen molar-refractivity contribution in [2.45, 2.75) is 13.3 Å². The van der Waals surface area contributed by atoms with Crippen molar-refractivity contribution in [2.24, 2.45) is 11.1 Å². The number of carbonyl (C=O) groups is 1. The molecule has 1 aromatic carbocycles. The van der Waals surface area contributed by atoms with Gasteiger partial charge in [0.2, 0.25) is 0 Å². The molecule has 7 nitrogen and oxygen atoms in total. The van der Waals surface area contributed by atoms with E-state index in [1.807, 2.05) is 6.92 Å². The Morgan fingerprint density at radius 3 is 2.86 bits per heavy atom. The third-order valence-corrected chi connectivity index (χ3v) is 3.74. The molecular formula is C13H14ClN3O4. The van der Waals surface area contributed by atoms with E-state index in [0.29, 0.717) is 25.2 Å². The molecule has 1 aromatic rings. The summed E-state index contributed by atoms with van der Waals surface area (Å²) in [7, 11) is 0. The van der Waals surface area contributed by atoms with Crippen molar-refractivity contribution in [1.29, 1.82) is 0 Å². The highest BCUT2D eigenvalue weighted by Crippen LogP contribution is 2.26. The van der Waals surface area contributed by atoms with Crippen LogP contribution in [0.4, 0.5) is 5.69 Å². The Labute approximate surface area is 126 Å². The highest BCUT2D eigenvalue weighted by molar-refractivity contribution is 6.31. The molecule has 1 aliphatic rings. The number of nitro benzene ring substituents is 1. The molecule has 0 radical (unpaired) electrons. The SMILES string of the molecule is CC1CN(C(=O)c2ccc(Cl)cc2[N+](=O)[O-])CC/C1=N\O. The first-order valence-electron chi connectivity index (χ1n) is 6.38. The van der Waals surface area contributed by atoms with Crippen molar-refractivity contribution >= 4 is 28.9 Å².